The second kappa shape index (κ2) is 5.42. The van der Waals surface area contributed by atoms with Crippen LogP contribution in [0.4, 0.5) is 0 Å². The number of rotatable bonds is 4. The third-order valence-corrected chi connectivity index (χ3v) is 4.23. The molecule has 112 valence electrons. The topological polar surface area (TPSA) is 55.3 Å². The van der Waals surface area contributed by atoms with Crippen molar-refractivity contribution >= 4 is 0 Å². The molecule has 0 bridgehead atoms. The largest absolute Gasteiger partial charge is 0.461 e. The molecule has 0 radical (unpaired) electrons. The van der Waals surface area contributed by atoms with Crippen molar-refractivity contribution in [3.63, 3.8) is 0 Å². The lowest BCUT2D eigenvalue weighted by Gasteiger charge is -2.23. The number of nitrogens with zero attached hydrogens (tertiary/aromatic N) is 3. The molecule has 5 heteroatoms. The van der Waals surface area contributed by atoms with Gasteiger partial charge in [-0.25, -0.2) is 0 Å². The summed E-state index contributed by atoms with van der Waals surface area (Å²) in [7, 11) is 2.10. The van der Waals surface area contributed by atoms with Gasteiger partial charge in [-0.15, -0.1) is 0 Å². The molecule has 1 atom stereocenters. The van der Waals surface area contributed by atoms with Gasteiger partial charge in [-0.05, 0) is 43.1 Å². The molecule has 1 aliphatic rings. The molecule has 1 aliphatic carbocycles. The molecule has 0 N–H and O–H groups in total. The monoisotopic (exact) mass is 295 g/mol. The molecule has 0 spiro atoms. The Bertz CT molecular complexity index is 764. The summed E-state index contributed by atoms with van der Waals surface area (Å²) in [6.45, 7) is 0.632. The summed E-state index contributed by atoms with van der Waals surface area (Å²) in [5.41, 5.74) is 2.86. The summed E-state index contributed by atoms with van der Waals surface area (Å²) >= 11 is 0. The predicted molar refractivity (Wildman–Crippen MR) is 81.0 cm³/mol. The molecule has 2 heterocycles. The van der Waals surface area contributed by atoms with Crippen LogP contribution < -0.4 is 0 Å². The quantitative estimate of drug-likeness (QED) is 0.738. The minimum atomic E-state index is 0.412. The minimum absolute atomic E-state index is 0.412. The third kappa shape index (κ3) is 2.33. The van der Waals surface area contributed by atoms with E-state index in [0.717, 1.165) is 12.8 Å². The zero-order chi connectivity index (χ0) is 14.9. The molecular formula is C17H17N3O2. The Hall–Kier alpha value is -2.40. The van der Waals surface area contributed by atoms with Crippen LogP contribution in [-0.4, -0.2) is 22.1 Å². The van der Waals surface area contributed by atoms with Gasteiger partial charge in [0.2, 0.25) is 11.7 Å². The minimum Gasteiger partial charge on any atom is -0.461 e. The van der Waals surface area contributed by atoms with E-state index in [2.05, 4.69) is 46.4 Å². The highest BCUT2D eigenvalue weighted by Crippen LogP contribution is 2.35. The van der Waals surface area contributed by atoms with E-state index in [1.54, 1.807) is 6.26 Å². The Morgan fingerprint density at radius 2 is 2.14 bits per heavy atom. The van der Waals surface area contributed by atoms with E-state index in [0.29, 0.717) is 30.1 Å². The molecular weight excluding hydrogens is 278 g/mol. The van der Waals surface area contributed by atoms with E-state index < -0.39 is 0 Å². The van der Waals surface area contributed by atoms with Crippen molar-refractivity contribution in [2.45, 2.75) is 25.4 Å². The maximum Gasteiger partial charge on any atom is 0.241 e. The maximum atomic E-state index is 5.34. The van der Waals surface area contributed by atoms with Crippen LogP contribution >= 0.6 is 0 Å². The number of hydrogen-bond donors (Lipinski definition) is 0. The lowest BCUT2D eigenvalue weighted by atomic mass is 10.1. The average Bonchev–Trinajstić information content (AvgIpc) is 3.27. The standard InChI is InChI=1S/C17H17N3O2/c1-20(14-9-8-12-5-2-3-6-13(12)14)11-16-18-17(19-22-16)15-7-4-10-21-15/h2-7,10,14H,8-9,11H2,1H3/t14-/m0/s1. The van der Waals surface area contributed by atoms with Gasteiger partial charge < -0.3 is 8.94 Å². The Kier molecular flexibility index (Phi) is 3.27. The van der Waals surface area contributed by atoms with Crippen LogP contribution in [0, 0.1) is 0 Å². The van der Waals surface area contributed by atoms with Crippen molar-refractivity contribution in [3.8, 4) is 11.6 Å². The lowest BCUT2D eigenvalue weighted by Crippen LogP contribution is -2.22. The summed E-state index contributed by atoms with van der Waals surface area (Å²) in [6, 6.07) is 12.7. The fraction of sp³-hybridized carbons (Fsp3) is 0.294. The van der Waals surface area contributed by atoms with Gasteiger partial charge in [0, 0.05) is 6.04 Å². The van der Waals surface area contributed by atoms with E-state index in [4.69, 9.17) is 8.94 Å². The zero-order valence-corrected chi connectivity index (χ0v) is 12.4. The average molecular weight is 295 g/mol. The van der Waals surface area contributed by atoms with Crippen LogP contribution in [-0.2, 0) is 13.0 Å². The normalized spacial score (nSPS) is 17.1. The highest BCUT2D eigenvalue weighted by Gasteiger charge is 2.26. The summed E-state index contributed by atoms with van der Waals surface area (Å²) in [5, 5.41) is 3.98. The third-order valence-electron chi connectivity index (χ3n) is 4.23. The first-order chi connectivity index (χ1) is 10.8. The fourth-order valence-corrected chi connectivity index (χ4v) is 3.14. The number of aromatic nitrogens is 2. The molecule has 0 amide bonds. The smallest absolute Gasteiger partial charge is 0.241 e. The first-order valence-corrected chi connectivity index (χ1v) is 7.46. The number of fused-ring (bicyclic) bond motifs is 1. The summed E-state index contributed by atoms with van der Waals surface area (Å²) < 4.78 is 10.6. The fourth-order valence-electron chi connectivity index (χ4n) is 3.14. The molecule has 0 aliphatic heterocycles. The molecule has 0 fully saturated rings. The Morgan fingerprint density at radius 3 is 3.00 bits per heavy atom. The van der Waals surface area contributed by atoms with Crippen LogP contribution in [0.15, 0.2) is 51.6 Å². The van der Waals surface area contributed by atoms with Gasteiger partial charge in [-0.3, -0.25) is 4.90 Å². The molecule has 2 aromatic heterocycles. The van der Waals surface area contributed by atoms with Gasteiger partial charge in [-0.1, -0.05) is 29.4 Å². The van der Waals surface area contributed by atoms with Crippen molar-refractivity contribution < 1.29 is 8.94 Å². The van der Waals surface area contributed by atoms with Gasteiger partial charge in [0.25, 0.3) is 0 Å². The number of furan rings is 1. The van der Waals surface area contributed by atoms with Crippen molar-refractivity contribution in [3.05, 3.63) is 59.7 Å². The van der Waals surface area contributed by atoms with Gasteiger partial charge >= 0.3 is 0 Å². The SMILES string of the molecule is CN(Cc1nc(-c2ccco2)no1)[C@H]1CCc2ccccc21. The molecule has 5 nitrogen and oxygen atoms in total. The number of aryl methyl sites for hydroxylation is 1. The van der Waals surface area contributed by atoms with Crippen molar-refractivity contribution in [1.82, 2.24) is 15.0 Å². The highest BCUT2D eigenvalue weighted by molar-refractivity contribution is 5.44. The molecule has 0 saturated carbocycles. The van der Waals surface area contributed by atoms with Crippen molar-refractivity contribution in [2.24, 2.45) is 0 Å². The van der Waals surface area contributed by atoms with E-state index >= 15 is 0 Å². The molecule has 4 rings (SSSR count). The second-order valence-corrected chi connectivity index (χ2v) is 5.66. The Morgan fingerprint density at radius 1 is 1.23 bits per heavy atom. The van der Waals surface area contributed by atoms with Crippen LogP contribution in [0.25, 0.3) is 11.6 Å². The molecule has 0 saturated heterocycles. The first kappa shape index (κ1) is 13.3. The summed E-state index contributed by atoms with van der Waals surface area (Å²) in [6.07, 6.45) is 3.87. The van der Waals surface area contributed by atoms with Crippen molar-refractivity contribution in [2.75, 3.05) is 7.05 Å². The van der Waals surface area contributed by atoms with Gasteiger partial charge in [0.05, 0.1) is 12.8 Å². The van der Waals surface area contributed by atoms with E-state index in [-0.39, 0.29) is 0 Å². The lowest BCUT2D eigenvalue weighted by molar-refractivity contribution is 0.204. The van der Waals surface area contributed by atoms with E-state index in [1.807, 2.05) is 12.1 Å². The molecule has 3 aromatic rings. The van der Waals surface area contributed by atoms with E-state index in [9.17, 15) is 0 Å². The maximum absolute atomic E-state index is 5.34. The first-order valence-electron chi connectivity index (χ1n) is 7.46. The van der Waals surface area contributed by atoms with Crippen LogP contribution in [0.2, 0.25) is 0 Å². The van der Waals surface area contributed by atoms with Crippen LogP contribution in [0.1, 0.15) is 29.5 Å². The summed E-state index contributed by atoms with van der Waals surface area (Å²) in [5.74, 6) is 1.74. The molecule has 22 heavy (non-hydrogen) atoms. The van der Waals surface area contributed by atoms with E-state index in [1.165, 1.54) is 11.1 Å². The van der Waals surface area contributed by atoms with Crippen LogP contribution in [0.5, 0.6) is 0 Å². The predicted octanol–water partition coefficient (Wildman–Crippen LogP) is 3.45. The molecule has 1 aromatic carbocycles. The Labute approximate surface area is 128 Å². The van der Waals surface area contributed by atoms with Crippen LogP contribution in [0.3, 0.4) is 0 Å². The second-order valence-electron chi connectivity index (χ2n) is 5.66. The van der Waals surface area contributed by atoms with Gasteiger partial charge in [-0.2, -0.15) is 4.98 Å². The number of benzene rings is 1. The summed E-state index contributed by atoms with van der Waals surface area (Å²) in [4.78, 5) is 6.68. The van der Waals surface area contributed by atoms with Gasteiger partial charge in [0.1, 0.15) is 0 Å². The highest BCUT2D eigenvalue weighted by atomic mass is 16.5. The van der Waals surface area contributed by atoms with Gasteiger partial charge in [0.15, 0.2) is 5.76 Å². The Balaban J connectivity index is 1.50. The zero-order valence-electron chi connectivity index (χ0n) is 12.4. The number of hydrogen-bond acceptors (Lipinski definition) is 5. The van der Waals surface area contributed by atoms with Crippen molar-refractivity contribution in [1.29, 1.82) is 0 Å². The molecule has 0 unspecified atom stereocenters.